The highest BCUT2D eigenvalue weighted by molar-refractivity contribution is 5.75. The van der Waals surface area contributed by atoms with Crippen molar-refractivity contribution in [2.24, 2.45) is 0 Å². The molecule has 2 aliphatic rings. The number of rotatable bonds is 1. The number of carboxylic acids is 1. The molecule has 2 unspecified atom stereocenters. The number of carboxylic acid groups (broad SMARTS) is 1. The van der Waals surface area contributed by atoms with Crippen LogP contribution in [0.3, 0.4) is 0 Å². The van der Waals surface area contributed by atoms with Gasteiger partial charge in [0.05, 0.1) is 6.04 Å². The Morgan fingerprint density at radius 3 is 3.08 bits per heavy atom. The van der Waals surface area contributed by atoms with Gasteiger partial charge in [-0.25, -0.2) is 5.43 Å². The average molecular weight is 167 g/mol. The van der Waals surface area contributed by atoms with E-state index in [9.17, 15) is 4.79 Å². The molecule has 3 N–H and O–H groups in total. The van der Waals surface area contributed by atoms with Crippen LogP contribution in [0.25, 0.3) is 0 Å². The molecular formula is C7H9N3O2. The number of nitrogens with zero attached hydrogens (tertiary/aromatic N) is 1. The molecule has 0 aromatic carbocycles. The van der Waals surface area contributed by atoms with E-state index < -0.39 is 12.0 Å². The molecule has 0 amide bonds. The molecule has 2 atom stereocenters. The average Bonchev–Trinajstić information content (AvgIpc) is 2.47. The molecule has 0 aromatic rings. The maximum atomic E-state index is 10.7. The van der Waals surface area contributed by atoms with E-state index in [-0.39, 0.29) is 6.04 Å². The monoisotopic (exact) mass is 167 g/mol. The van der Waals surface area contributed by atoms with Gasteiger partial charge in [0.25, 0.3) is 0 Å². The summed E-state index contributed by atoms with van der Waals surface area (Å²) in [5.41, 5.74) is 5.43. The molecule has 2 heterocycles. The van der Waals surface area contributed by atoms with E-state index in [1.54, 1.807) is 11.2 Å². The lowest BCUT2D eigenvalue weighted by Crippen LogP contribution is -2.40. The maximum absolute atomic E-state index is 10.7. The molecular weight excluding hydrogens is 158 g/mol. The highest BCUT2D eigenvalue weighted by atomic mass is 16.4. The number of fused-ring (bicyclic) bond motifs is 1. The molecule has 0 spiro atoms. The molecule has 0 bridgehead atoms. The molecule has 0 radical (unpaired) electrons. The minimum atomic E-state index is -0.852. The van der Waals surface area contributed by atoms with Gasteiger partial charge in [-0.05, 0) is 6.08 Å². The Kier molecular flexibility index (Phi) is 1.60. The maximum Gasteiger partial charge on any atom is 0.324 e. The SMILES string of the molecule is O=C(O)C1NNN2C=CC=CC12. The van der Waals surface area contributed by atoms with E-state index in [0.29, 0.717) is 0 Å². The fourth-order valence-electron chi connectivity index (χ4n) is 1.33. The fraction of sp³-hybridized carbons (Fsp3) is 0.286. The second-order valence-corrected chi connectivity index (χ2v) is 2.70. The quantitative estimate of drug-likeness (QED) is 0.478. The Labute approximate surface area is 69.3 Å². The standard InChI is InChI=1S/C7H9N3O2/c11-7(12)6-5-3-1-2-4-10(5)9-8-6/h1-6,8-9H,(H,11,12). The van der Waals surface area contributed by atoms with Gasteiger partial charge in [0.2, 0.25) is 0 Å². The van der Waals surface area contributed by atoms with Gasteiger partial charge in [-0.1, -0.05) is 12.2 Å². The van der Waals surface area contributed by atoms with Crippen LogP contribution in [0, 0.1) is 0 Å². The number of hydrazine groups is 2. The zero-order valence-electron chi connectivity index (χ0n) is 6.27. The molecule has 0 aliphatic carbocycles. The summed E-state index contributed by atoms with van der Waals surface area (Å²) in [7, 11) is 0. The van der Waals surface area contributed by atoms with E-state index in [2.05, 4.69) is 11.0 Å². The zero-order chi connectivity index (χ0) is 8.55. The first kappa shape index (κ1) is 7.33. The Hall–Kier alpha value is -1.33. The Morgan fingerprint density at radius 2 is 2.33 bits per heavy atom. The van der Waals surface area contributed by atoms with Gasteiger partial charge in [0, 0.05) is 6.20 Å². The lowest BCUT2D eigenvalue weighted by molar-refractivity contribution is -0.139. The van der Waals surface area contributed by atoms with Crippen LogP contribution in [0.2, 0.25) is 0 Å². The second kappa shape index (κ2) is 2.62. The zero-order valence-corrected chi connectivity index (χ0v) is 6.27. The predicted octanol–water partition coefficient (Wildman–Crippen LogP) is -0.783. The van der Waals surface area contributed by atoms with Crippen LogP contribution in [0.5, 0.6) is 0 Å². The smallest absolute Gasteiger partial charge is 0.324 e. The van der Waals surface area contributed by atoms with E-state index in [0.717, 1.165) is 0 Å². The van der Waals surface area contributed by atoms with Crippen molar-refractivity contribution >= 4 is 5.97 Å². The number of nitrogens with one attached hydrogen (secondary N) is 2. The first-order valence-electron chi connectivity index (χ1n) is 3.66. The van der Waals surface area contributed by atoms with Crippen molar-refractivity contribution in [2.45, 2.75) is 12.1 Å². The van der Waals surface area contributed by atoms with Crippen molar-refractivity contribution in [3.63, 3.8) is 0 Å². The Morgan fingerprint density at radius 1 is 1.50 bits per heavy atom. The summed E-state index contributed by atoms with van der Waals surface area (Å²) in [6.07, 6.45) is 7.31. The van der Waals surface area contributed by atoms with Gasteiger partial charge in [-0.2, -0.15) is 5.53 Å². The highest BCUT2D eigenvalue weighted by Gasteiger charge is 2.36. The molecule has 2 aliphatic heterocycles. The second-order valence-electron chi connectivity index (χ2n) is 2.70. The lowest BCUT2D eigenvalue weighted by Gasteiger charge is -2.21. The summed E-state index contributed by atoms with van der Waals surface area (Å²) >= 11 is 0. The molecule has 5 heteroatoms. The summed E-state index contributed by atoms with van der Waals surface area (Å²) in [6, 6.07) is -0.710. The molecule has 5 nitrogen and oxygen atoms in total. The molecule has 0 aromatic heterocycles. The highest BCUT2D eigenvalue weighted by Crippen LogP contribution is 2.13. The van der Waals surface area contributed by atoms with Crippen LogP contribution in [0.15, 0.2) is 24.4 Å². The summed E-state index contributed by atoms with van der Waals surface area (Å²) in [5.74, 6) is -0.852. The van der Waals surface area contributed by atoms with Gasteiger partial charge in [-0.3, -0.25) is 9.80 Å². The van der Waals surface area contributed by atoms with Crippen molar-refractivity contribution in [3.8, 4) is 0 Å². The van der Waals surface area contributed by atoms with Gasteiger partial charge in [0.1, 0.15) is 6.04 Å². The van der Waals surface area contributed by atoms with E-state index >= 15 is 0 Å². The van der Waals surface area contributed by atoms with E-state index in [1.165, 1.54) is 0 Å². The van der Waals surface area contributed by atoms with Crippen LogP contribution in [0.1, 0.15) is 0 Å². The lowest BCUT2D eigenvalue weighted by atomic mass is 10.1. The Balaban J connectivity index is 2.18. The number of carbonyl (C=O) groups is 1. The number of hydrogen-bond acceptors (Lipinski definition) is 4. The van der Waals surface area contributed by atoms with Crippen molar-refractivity contribution in [2.75, 3.05) is 0 Å². The van der Waals surface area contributed by atoms with Crippen molar-refractivity contribution in [3.05, 3.63) is 24.4 Å². The molecule has 1 fully saturated rings. The minimum absolute atomic E-state index is 0.132. The predicted molar refractivity (Wildman–Crippen MR) is 41.6 cm³/mol. The summed E-state index contributed by atoms with van der Waals surface area (Å²) in [5, 5.41) is 10.5. The first-order valence-corrected chi connectivity index (χ1v) is 3.66. The van der Waals surface area contributed by atoms with Gasteiger partial charge in [0.15, 0.2) is 0 Å². The molecule has 12 heavy (non-hydrogen) atoms. The topological polar surface area (TPSA) is 64.6 Å². The molecule has 2 rings (SSSR count). The van der Waals surface area contributed by atoms with Crippen molar-refractivity contribution < 1.29 is 9.90 Å². The van der Waals surface area contributed by atoms with E-state index in [4.69, 9.17) is 5.11 Å². The third-order valence-corrected chi connectivity index (χ3v) is 1.94. The first-order chi connectivity index (χ1) is 5.79. The minimum Gasteiger partial charge on any atom is -0.480 e. The van der Waals surface area contributed by atoms with Gasteiger partial charge in [-0.15, -0.1) is 0 Å². The Bertz CT molecular complexity index is 261. The van der Waals surface area contributed by atoms with Gasteiger partial charge < -0.3 is 5.11 Å². The molecule has 64 valence electrons. The number of allylic oxidation sites excluding steroid dienone is 2. The third-order valence-electron chi connectivity index (χ3n) is 1.94. The van der Waals surface area contributed by atoms with Crippen molar-refractivity contribution in [1.82, 2.24) is 16.0 Å². The normalized spacial score (nSPS) is 32.2. The summed E-state index contributed by atoms with van der Waals surface area (Å²) in [6.45, 7) is 0. The van der Waals surface area contributed by atoms with Gasteiger partial charge >= 0.3 is 5.97 Å². The third kappa shape index (κ3) is 0.992. The van der Waals surface area contributed by atoms with Crippen LogP contribution < -0.4 is 11.0 Å². The summed E-state index contributed by atoms with van der Waals surface area (Å²) < 4.78 is 0. The molecule has 1 saturated heterocycles. The van der Waals surface area contributed by atoms with Crippen LogP contribution >= 0.6 is 0 Å². The fourth-order valence-corrected chi connectivity index (χ4v) is 1.33. The van der Waals surface area contributed by atoms with Crippen LogP contribution in [-0.4, -0.2) is 28.2 Å². The summed E-state index contributed by atoms with van der Waals surface area (Å²) in [4.78, 5) is 10.7. The largest absolute Gasteiger partial charge is 0.480 e. The van der Waals surface area contributed by atoms with Crippen LogP contribution in [-0.2, 0) is 4.79 Å². The number of aliphatic carboxylic acids is 1. The number of hydrogen-bond donors (Lipinski definition) is 3. The van der Waals surface area contributed by atoms with E-state index in [1.807, 2.05) is 18.2 Å². The van der Waals surface area contributed by atoms with Crippen molar-refractivity contribution in [1.29, 1.82) is 0 Å². The van der Waals surface area contributed by atoms with Crippen LogP contribution in [0.4, 0.5) is 0 Å². The molecule has 0 saturated carbocycles.